The van der Waals surface area contributed by atoms with E-state index in [1.165, 1.54) is 270 Å². The number of unbranched alkanes of at least 4 members (excludes halogenated alkanes) is 45. The van der Waals surface area contributed by atoms with E-state index in [0.29, 0.717) is 25.9 Å². The van der Waals surface area contributed by atoms with Crippen LogP contribution >= 0.6 is 0 Å². The molecule has 0 aliphatic rings. The Balaban J connectivity index is 3.35. The molecule has 3 N–H and O–H groups in total. The van der Waals surface area contributed by atoms with Gasteiger partial charge in [-0.3, -0.25) is 9.59 Å². The Morgan fingerprint density at radius 3 is 1.09 bits per heavy atom. The molecule has 0 aromatic heterocycles. The van der Waals surface area contributed by atoms with Crippen LogP contribution in [0.25, 0.3) is 0 Å². The summed E-state index contributed by atoms with van der Waals surface area (Å²) in [6.45, 7) is 4.94. The zero-order valence-corrected chi connectivity index (χ0v) is 46.1. The fourth-order valence-electron chi connectivity index (χ4n) is 9.80. The van der Waals surface area contributed by atoms with Gasteiger partial charge in [0.1, 0.15) is 0 Å². The number of hydrogen-bond acceptors (Lipinski definition) is 5. The van der Waals surface area contributed by atoms with Crippen LogP contribution in [0.15, 0.2) is 12.2 Å². The van der Waals surface area contributed by atoms with Crippen LogP contribution < -0.4 is 5.32 Å². The molecule has 68 heavy (non-hydrogen) atoms. The molecular weight excluding hydrogens is 839 g/mol. The van der Waals surface area contributed by atoms with Crippen LogP contribution in [-0.4, -0.2) is 47.4 Å². The predicted molar refractivity (Wildman–Crippen MR) is 297 cm³/mol. The number of rotatable bonds is 58. The quantitative estimate of drug-likeness (QED) is 0.0321. The van der Waals surface area contributed by atoms with Crippen LogP contribution in [0.2, 0.25) is 0 Å². The molecule has 1 amide bonds. The number of amides is 1. The zero-order chi connectivity index (χ0) is 49.3. The summed E-state index contributed by atoms with van der Waals surface area (Å²) >= 11 is 0. The highest BCUT2D eigenvalue weighted by molar-refractivity contribution is 5.76. The molecule has 6 heteroatoms. The summed E-state index contributed by atoms with van der Waals surface area (Å²) in [5, 5.41) is 23.3. The van der Waals surface area contributed by atoms with E-state index in [4.69, 9.17) is 4.74 Å². The number of carbonyl (C=O) groups excluding carboxylic acids is 2. The van der Waals surface area contributed by atoms with Crippen molar-refractivity contribution >= 4 is 11.9 Å². The summed E-state index contributed by atoms with van der Waals surface area (Å²) in [6, 6.07) is -0.539. The molecule has 0 aromatic rings. The molecule has 0 saturated heterocycles. The van der Waals surface area contributed by atoms with Gasteiger partial charge in [-0.2, -0.15) is 0 Å². The Morgan fingerprint density at radius 2 is 0.706 bits per heavy atom. The van der Waals surface area contributed by atoms with Gasteiger partial charge >= 0.3 is 5.97 Å². The highest BCUT2D eigenvalue weighted by atomic mass is 16.5. The molecule has 0 bridgehead atoms. The third-order valence-corrected chi connectivity index (χ3v) is 14.6. The molecular formula is C62H121NO5. The number of carbonyl (C=O) groups is 2. The molecule has 0 spiro atoms. The average molecular weight is 961 g/mol. The summed E-state index contributed by atoms with van der Waals surface area (Å²) in [7, 11) is 0. The molecule has 2 unspecified atom stereocenters. The van der Waals surface area contributed by atoms with E-state index in [-0.39, 0.29) is 18.5 Å². The van der Waals surface area contributed by atoms with E-state index in [1.807, 2.05) is 0 Å². The molecule has 0 saturated carbocycles. The van der Waals surface area contributed by atoms with Gasteiger partial charge in [0.05, 0.1) is 25.4 Å². The summed E-state index contributed by atoms with van der Waals surface area (Å²) in [4.78, 5) is 24.5. The first-order chi connectivity index (χ1) is 33.5. The van der Waals surface area contributed by atoms with Crippen LogP contribution in [0, 0.1) is 0 Å². The topological polar surface area (TPSA) is 95.9 Å². The molecule has 0 aromatic carbocycles. The van der Waals surface area contributed by atoms with Crippen molar-refractivity contribution in [3.8, 4) is 0 Å². The Bertz CT molecular complexity index is 1020. The fourth-order valence-corrected chi connectivity index (χ4v) is 9.80. The van der Waals surface area contributed by atoms with Crippen LogP contribution in [0.1, 0.15) is 348 Å². The lowest BCUT2D eigenvalue weighted by atomic mass is 10.0. The number of nitrogens with one attached hydrogen (secondary N) is 1. The number of ether oxygens (including phenoxy) is 1. The Morgan fingerprint density at radius 1 is 0.397 bits per heavy atom. The van der Waals surface area contributed by atoms with Crippen molar-refractivity contribution in [3.05, 3.63) is 12.2 Å². The number of allylic oxidation sites excluding steroid dienone is 2. The van der Waals surface area contributed by atoms with Gasteiger partial charge in [-0.1, -0.05) is 302 Å². The zero-order valence-electron chi connectivity index (χ0n) is 46.1. The fraction of sp³-hybridized carbons (Fsp3) is 0.935. The maximum absolute atomic E-state index is 12.5. The minimum absolute atomic E-state index is 0.00579. The number of aliphatic hydroxyl groups is 2. The third kappa shape index (κ3) is 53.9. The Hall–Kier alpha value is -1.40. The highest BCUT2D eigenvalue weighted by Gasteiger charge is 2.20. The maximum atomic E-state index is 12.5. The van der Waals surface area contributed by atoms with Crippen molar-refractivity contribution in [2.24, 2.45) is 0 Å². The molecule has 404 valence electrons. The molecule has 0 radical (unpaired) electrons. The lowest BCUT2D eigenvalue weighted by Crippen LogP contribution is -2.45. The molecule has 0 heterocycles. The van der Waals surface area contributed by atoms with Gasteiger partial charge in [-0.05, 0) is 44.9 Å². The number of aliphatic hydroxyl groups excluding tert-OH is 2. The molecule has 2 atom stereocenters. The molecule has 6 nitrogen and oxygen atoms in total. The standard InChI is InChI=1S/C62H121NO5/c1-3-5-7-9-11-13-15-16-28-31-35-38-42-46-50-54-60(65)59(58-64)63-61(66)55-51-47-43-39-36-32-29-26-24-22-20-18-17-19-21-23-25-27-30-33-37-41-45-49-53-57-68-62(67)56-52-48-44-40-34-14-12-10-8-6-4-2/h10,12,59-60,64-65H,3-9,11,13-58H2,1-2H3,(H,63,66)/b12-10-. The monoisotopic (exact) mass is 960 g/mol. The largest absolute Gasteiger partial charge is 0.466 e. The van der Waals surface area contributed by atoms with Crippen LogP contribution in [0.3, 0.4) is 0 Å². The second-order valence-corrected chi connectivity index (χ2v) is 21.4. The first-order valence-corrected chi connectivity index (χ1v) is 30.9. The van der Waals surface area contributed by atoms with Crippen molar-refractivity contribution in [1.82, 2.24) is 5.32 Å². The summed E-state index contributed by atoms with van der Waals surface area (Å²) in [5.74, 6) is -0.0250. The normalized spacial score (nSPS) is 12.6. The second kappa shape index (κ2) is 58.2. The van der Waals surface area contributed by atoms with Crippen LogP contribution in [0.5, 0.6) is 0 Å². The lowest BCUT2D eigenvalue weighted by molar-refractivity contribution is -0.143. The van der Waals surface area contributed by atoms with E-state index in [0.717, 1.165) is 44.9 Å². The van der Waals surface area contributed by atoms with Gasteiger partial charge in [0, 0.05) is 12.8 Å². The molecule has 0 rings (SSSR count). The average Bonchev–Trinajstić information content (AvgIpc) is 3.34. The SMILES string of the molecule is CCCC/C=C\CCCCCCCC(=O)OCCCCCCCCCCCCCCCCCCCCCCCCCCCC(=O)NC(CO)C(O)CCCCCCCCCCCCCCCCC. The van der Waals surface area contributed by atoms with Gasteiger partial charge in [-0.15, -0.1) is 0 Å². The smallest absolute Gasteiger partial charge is 0.305 e. The Kier molecular flexibility index (Phi) is 57.0. The summed E-state index contributed by atoms with van der Waals surface area (Å²) in [5.41, 5.74) is 0. The lowest BCUT2D eigenvalue weighted by Gasteiger charge is -2.22. The first kappa shape index (κ1) is 66.6. The predicted octanol–water partition coefficient (Wildman–Crippen LogP) is 19.2. The van der Waals surface area contributed by atoms with E-state index in [2.05, 4.69) is 31.3 Å². The minimum atomic E-state index is -0.662. The molecule has 0 fully saturated rings. The number of hydrogen-bond donors (Lipinski definition) is 3. The van der Waals surface area contributed by atoms with Gasteiger partial charge < -0.3 is 20.3 Å². The molecule has 0 aliphatic heterocycles. The van der Waals surface area contributed by atoms with Crippen molar-refractivity contribution in [2.75, 3.05) is 13.2 Å². The van der Waals surface area contributed by atoms with Crippen molar-refractivity contribution < 1.29 is 24.5 Å². The van der Waals surface area contributed by atoms with E-state index < -0.39 is 12.1 Å². The highest BCUT2D eigenvalue weighted by Crippen LogP contribution is 2.18. The maximum Gasteiger partial charge on any atom is 0.305 e. The van der Waals surface area contributed by atoms with Gasteiger partial charge in [0.15, 0.2) is 0 Å². The van der Waals surface area contributed by atoms with Gasteiger partial charge in [0.25, 0.3) is 0 Å². The van der Waals surface area contributed by atoms with E-state index in [1.54, 1.807) is 0 Å². The van der Waals surface area contributed by atoms with Crippen molar-refractivity contribution in [3.63, 3.8) is 0 Å². The second-order valence-electron chi connectivity index (χ2n) is 21.4. The van der Waals surface area contributed by atoms with Crippen LogP contribution in [-0.2, 0) is 14.3 Å². The van der Waals surface area contributed by atoms with E-state index >= 15 is 0 Å². The summed E-state index contributed by atoms with van der Waals surface area (Å²) in [6.07, 6.45) is 69.4. The molecule has 0 aliphatic carbocycles. The van der Waals surface area contributed by atoms with Crippen molar-refractivity contribution in [1.29, 1.82) is 0 Å². The van der Waals surface area contributed by atoms with Gasteiger partial charge in [0.2, 0.25) is 5.91 Å². The van der Waals surface area contributed by atoms with Gasteiger partial charge in [-0.25, -0.2) is 0 Å². The van der Waals surface area contributed by atoms with Crippen molar-refractivity contribution in [2.45, 2.75) is 360 Å². The Labute approximate surface area is 425 Å². The summed E-state index contributed by atoms with van der Waals surface area (Å²) < 4.78 is 5.46. The van der Waals surface area contributed by atoms with Crippen LogP contribution in [0.4, 0.5) is 0 Å². The third-order valence-electron chi connectivity index (χ3n) is 14.6. The number of esters is 1. The van der Waals surface area contributed by atoms with E-state index in [9.17, 15) is 19.8 Å². The first-order valence-electron chi connectivity index (χ1n) is 30.9. The minimum Gasteiger partial charge on any atom is -0.466 e.